The van der Waals surface area contributed by atoms with Crippen LogP contribution in [0, 0.1) is 0 Å². The summed E-state index contributed by atoms with van der Waals surface area (Å²) in [6.07, 6.45) is 1.37. The van der Waals surface area contributed by atoms with E-state index >= 15 is 0 Å². The summed E-state index contributed by atoms with van der Waals surface area (Å²) < 4.78 is 68.8. The van der Waals surface area contributed by atoms with Gasteiger partial charge in [-0.15, -0.1) is 0 Å². The molecule has 0 atom stereocenters. The van der Waals surface area contributed by atoms with Crippen LogP contribution in [-0.2, 0) is 12.7 Å². The molecule has 1 aliphatic heterocycles. The molecule has 0 N–H and O–H groups in total. The lowest BCUT2D eigenvalue weighted by atomic mass is 10.1. The van der Waals surface area contributed by atoms with Gasteiger partial charge in [0, 0.05) is 44.4 Å². The maximum Gasteiger partial charge on any atom is 0.417 e. The fourth-order valence-corrected chi connectivity index (χ4v) is 7.44. The number of hydrogen-bond donors (Lipinski definition) is 0. The van der Waals surface area contributed by atoms with Crippen LogP contribution in [0.2, 0.25) is 5.02 Å². The summed E-state index contributed by atoms with van der Waals surface area (Å²) in [5.74, 6) is 2.99. The van der Waals surface area contributed by atoms with E-state index < -0.39 is 11.7 Å². The number of hydrogen-bond acceptors (Lipinski definition) is 8. The molecular weight excluding hydrogens is 755 g/mol. The second-order valence-corrected chi connectivity index (χ2v) is 14.9. The standard InChI is InChI=1S/C44H61ClF3N5O4/c1-6-11-24-53-39-30-35(54-26-14-22-50(7-2)8-3)32-41(55-27-15-23-51(9-4)10-5)42(39)49-43(53)36-18-16-34(31-40(36)56-28-25-52-20-12-13-21-52)57-33-17-19-38(45)37(29-33)44(46,47)48/h16-19,29-32H,6-15,20-28H2,1-5H3. The Hall–Kier alpha value is -3.71. The zero-order valence-corrected chi connectivity index (χ0v) is 35.2. The van der Waals surface area contributed by atoms with E-state index in [-0.39, 0.29) is 10.8 Å². The van der Waals surface area contributed by atoms with Gasteiger partial charge in [-0.2, -0.15) is 13.2 Å². The number of likely N-dealkylation sites (tertiary alicyclic amines) is 1. The lowest BCUT2D eigenvalue weighted by molar-refractivity contribution is -0.137. The van der Waals surface area contributed by atoms with Gasteiger partial charge in [0.2, 0.25) is 0 Å². The number of alkyl halides is 3. The summed E-state index contributed by atoms with van der Waals surface area (Å²) in [6, 6.07) is 12.9. The van der Waals surface area contributed by atoms with Gasteiger partial charge >= 0.3 is 6.18 Å². The molecule has 5 rings (SSSR count). The van der Waals surface area contributed by atoms with E-state index in [1.54, 1.807) is 12.1 Å². The molecule has 1 saturated heterocycles. The molecule has 0 aliphatic carbocycles. The van der Waals surface area contributed by atoms with Gasteiger partial charge in [-0.25, -0.2) is 4.98 Å². The monoisotopic (exact) mass is 815 g/mol. The van der Waals surface area contributed by atoms with Crippen molar-refractivity contribution in [2.45, 2.75) is 85.9 Å². The third-order valence-electron chi connectivity index (χ3n) is 10.6. The zero-order valence-electron chi connectivity index (χ0n) is 34.4. The van der Waals surface area contributed by atoms with Gasteiger partial charge in [0.05, 0.1) is 34.9 Å². The van der Waals surface area contributed by atoms with Crippen LogP contribution >= 0.6 is 11.6 Å². The van der Waals surface area contributed by atoms with Gasteiger partial charge in [0.1, 0.15) is 40.9 Å². The summed E-state index contributed by atoms with van der Waals surface area (Å²) in [7, 11) is 0. The molecule has 2 heterocycles. The summed E-state index contributed by atoms with van der Waals surface area (Å²) in [5, 5.41) is -0.387. The molecular formula is C44H61ClF3N5O4. The van der Waals surface area contributed by atoms with E-state index in [1.165, 1.54) is 25.0 Å². The minimum atomic E-state index is -4.62. The van der Waals surface area contributed by atoms with Crippen LogP contribution in [0.4, 0.5) is 13.2 Å². The van der Waals surface area contributed by atoms with Crippen molar-refractivity contribution in [3.63, 3.8) is 0 Å². The van der Waals surface area contributed by atoms with Gasteiger partial charge in [-0.3, -0.25) is 4.90 Å². The van der Waals surface area contributed by atoms with E-state index in [9.17, 15) is 13.2 Å². The Morgan fingerprint density at radius 2 is 1.32 bits per heavy atom. The third kappa shape index (κ3) is 12.4. The van der Waals surface area contributed by atoms with Crippen molar-refractivity contribution in [2.24, 2.45) is 0 Å². The van der Waals surface area contributed by atoms with Gasteiger partial charge in [0.15, 0.2) is 5.75 Å². The highest BCUT2D eigenvalue weighted by Crippen LogP contribution is 2.41. The zero-order chi connectivity index (χ0) is 40.8. The highest BCUT2D eigenvalue weighted by molar-refractivity contribution is 6.31. The maximum atomic E-state index is 13.7. The van der Waals surface area contributed by atoms with Crippen molar-refractivity contribution in [3.05, 3.63) is 59.1 Å². The SMILES string of the molecule is CCCCn1c(-c2ccc(Oc3ccc(Cl)c(C(F)(F)F)c3)cc2OCCN2CCCC2)nc2c(OCCCN(CC)CC)cc(OCCCN(CC)CC)cc21. The van der Waals surface area contributed by atoms with Crippen LogP contribution in [0.25, 0.3) is 22.4 Å². The Morgan fingerprint density at radius 3 is 1.96 bits per heavy atom. The fraction of sp³-hybridized carbons (Fsp3) is 0.568. The van der Waals surface area contributed by atoms with Crippen LogP contribution in [0.1, 0.15) is 78.7 Å². The average Bonchev–Trinajstić information content (AvgIpc) is 3.86. The normalized spacial score (nSPS) is 13.7. The van der Waals surface area contributed by atoms with Crippen molar-refractivity contribution < 1.29 is 32.1 Å². The largest absolute Gasteiger partial charge is 0.493 e. The molecule has 0 radical (unpaired) electrons. The molecule has 0 unspecified atom stereocenters. The van der Waals surface area contributed by atoms with Crippen LogP contribution < -0.4 is 18.9 Å². The van der Waals surface area contributed by atoms with Gasteiger partial charge in [-0.05, 0) is 102 Å². The summed E-state index contributed by atoms with van der Waals surface area (Å²) in [5.41, 5.74) is 1.44. The second kappa shape index (κ2) is 21.9. The van der Waals surface area contributed by atoms with Crippen molar-refractivity contribution in [3.8, 4) is 40.1 Å². The number of aryl methyl sites for hydroxylation is 1. The number of rotatable bonds is 24. The molecule has 57 heavy (non-hydrogen) atoms. The highest BCUT2D eigenvalue weighted by Gasteiger charge is 2.33. The smallest absolute Gasteiger partial charge is 0.417 e. The van der Waals surface area contributed by atoms with Gasteiger partial charge in [-0.1, -0.05) is 52.6 Å². The van der Waals surface area contributed by atoms with Crippen molar-refractivity contribution in [1.82, 2.24) is 24.3 Å². The molecule has 0 bridgehead atoms. The number of ether oxygens (including phenoxy) is 4. The minimum Gasteiger partial charge on any atom is -0.493 e. The third-order valence-corrected chi connectivity index (χ3v) is 10.9. The predicted molar refractivity (Wildman–Crippen MR) is 224 cm³/mol. The van der Waals surface area contributed by atoms with Crippen LogP contribution in [0.5, 0.6) is 28.7 Å². The quantitative estimate of drug-likeness (QED) is 0.0648. The Morgan fingerprint density at radius 1 is 0.702 bits per heavy atom. The van der Waals surface area contributed by atoms with E-state index in [1.807, 2.05) is 12.1 Å². The molecule has 1 aliphatic rings. The highest BCUT2D eigenvalue weighted by atomic mass is 35.5. The van der Waals surface area contributed by atoms with Crippen molar-refractivity contribution in [1.29, 1.82) is 0 Å². The number of halogens is 4. The average molecular weight is 816 g/mol. The molecule has 314 valence electrons. The van der Waals surface area contributed by atoms with Crippen molar-refractivity contribution >= 4 is 22.6 Å². The number of imidazole rings is 1. The minimum absolute atomic E-state index is 0.0186. The van der Waals surface area contributed by atoms with E-state index in [0.29, 0.717) is 49.4 Å². The molecule has 0 spiro atoms. The number of unbranched alkanes of at least 4 members (excludes halogenated alkanes) is 1. The first-order valence-electron chi connectivity index (χ1n) is 20.9. The fourth-order valence-electron chi connectivity index (χ4n) is 7.22. The molecule has 13 heteroatoms. The topological polar surface area (TPSA) is 64.5 Å². The Balaban J connectivity index is 1.54. The van der Waals surface area contributed by atoms with Crippen molar-refractivity contribution in [2.75, 3.05) is 78.7 Å². The maximum absolute atomic E-state index is 13.7. The first-order chi connectivity index (χ1) is 27.6. The predicted octanol–water partition coefficient (Wildman–Crippen LogP) is 10.7. The molecule has 1 fully saturated rings. The Bertz CT molecular complexity index is 1840. The first-order valence-corrected chi connectivity index (χ1v) is 21.2. The number of fused-ring (bicyclic) bond motifs is 1. The molecule has 9 nitrogen and oxygen atoms in total. The summed E-state index contributed by atoms with van der Waals surface area (Å²) in [4.78, 5) is 12.4. The van der Waals surface area contributed by atoms with Gasteiger partial charge in [0.25, 0.3) is 0 Å². The van der Waals surface area contributed by atoms with E-state index in [2.05, 4.69) is 60.0 Å². The van der Waals surface area contributed by atoms with Crippen LogP contribution in [-0.4, -0.2) is 103 Å². The number of benzene rings is 3. The Labute approximate surface area is 342 Å². The first kappa shape index (κ1) is 44.4. The Kier molecular flexibility index (Phi) is 17.0. The molecule has 3 aromatic carbocycles. The van der Waals surface area contributed by atoms with Crippen LogP contribution in [0.15, 0.2) is 48.5 Å². The van der Waals surface area contributed by atoms with Gasteiger partial charge < -0.3 is 33.3 Å². The summed E-state index contributed by atoms with van der Waals surface area (Å²) >= 11 is 5.90. The number of nitrogens with zero attached hydrogens (tertiary/aromatic N) is 5. The number of aromatic nitrogens is 2. The summed E-state index contributed by atoms with van der Waals surface area (Å²) in [6.45, 7) is 21.8. The molecule has 0 amide bonds. The van der Waals surface area contributed by atoms with Crippen LogP contribution in [0.3, 0.4) is 0 Å². The molecule has 0 saturated carbocycles. The molecule has 1 aromatic heterocycles. The van der Waals surface area contributed by atoms with E-state index in [0.717, 1.165) is 113 Å². The second-order valence-electron chi connectivity index (χ2n) is 14.5. The molecule has 4 aromatic rings. The lowest BCUT2D eigenvalue weighted by Gasteiger charge is -2.19. The lowest BCUT2D eigenvalue weighted by Crippen LogP contribution is -2.25. The van der Waals surface area contributed by atoms with E-state index in [4.69, 9.17) is 35.5 Å².